The zero-order chi connectivity index (χ0) is 7.70. The lowest BCUT2D eigenvalue weighted by Gasteiger charge is -1.79. The number of hydrogen-bond donors (Lipinski definition) is 0. The van der Waals surface area contributed by atoms with Gasteiger partial charge >= 0.3 is 0 Å². The van der Waals surface area contributed by atoms with Gasteiger partial charge in [-0.15, -0.1) is 23.2 Å². The molecule has 9 heavy (non-hydrogen) atoms. The molecule has 0 aliphatic carbocycles. The van der Waals surface area contributed by atoms with Crippen molar-refractivity contribution in [2.45, 2.75) is 44.9 Å². The molecule has 0 heterocycles. The van der Waals surface area contributed by atoms with Crippen molar-refractivity contribution in [1.82, 2.24) is 0 Å². The molecule has 0 saturated carbocycles. The molecule has 0 N–H and O–H groups in total. The molecule has 0 aromatic heterocycles. The molecule has 0 aromatic rings. The lowest BCUT2D eigenvalue weighted by atomic mass is 10.3. The van der Waals surface area contributed by atoms with Crippen LogP contribution in [0.4, 0.5) is 0 Å². The highest BCUT2D eigenvalue weighted by Crippen LogP contribution is 1.95. The summed E-state index contributed by atoms with van der Waals surface area (Å²) >= 11 is 10.1. The molecule has 0 nitrogen and oxygen atoms in total. The fraction of sp³-hybridized carbons (Fsp3) is 1.00. The van der Waals surface area contributed by atoms with E-state index in [1.807, 2.05) is 0 Å². The maximum atomic E-state index is 5.04. The van der Waals surface area contributed by atoms with Gasteiger partial charge in [-0.25, -0.2) is 0 Å². The first-order chi connectivity index (χ1) is 4.15. The minimum absolute atomic E-state index is 0.222. The van der Waals surface area contributed by atoms with Crippen LogP contribution in [0.1, 0.15) is 40.0 Å². The molecule has 0 radical (unpaired) electrons. The fourth-order valence-corrected chi connectivity index (χ4v) is 0.354. The Balaban J connectivity index is 0. The van der Waals surface area contributed by atoms with Crippen molar-refractivity contribution in [3.63, 3.8) is 0 Å². The third-order valence-corrected chi connectivity index (χ3v) is 0.707. The summed E-state index contributed by atoms with van der Waals surface area (Å²) in [5, 5.41) is 0. The summed E-state index contributed by atoms with van der Waals surface area (Å²) in [6, 6.07) is 0. The first-order valence-electron chi connectivity index (χ1n) is 3.43. The average molecular weight is 171 g/mol. The predicted molar refractivity (Wildman–Crippen MR) is 46.4 cm³/mol. The number of halogens is 2. The monoisotopic (exact) mass is 170 g/mol. The van der Waals surface area contributed by atoms with Gasteiger partial charge < -0.3 is 0 Å². The second kappa shape index (κ2) is 11.4. The van der Waals surface area contributed by atoms with E-state index in [0.29, 0.717) is 0 Å². The van der Waals surface area contributed by atoms with Crippen molar-refractivity contribution in [2.75, 3.05) is 0 Å². The van der Waals surface area contributed by atoms with Crippen molar-refractivity contribution < 1.29 is 0 Å². The number of unbranched alkanes of at least 4 members (excludes halogenated alkanes) is 2. The lowest BCUT2D eigenvalue weighted by molar-refractivity contribution is 0.772. The van der Waals surface area contributed by atoms with E-state index in [9.17, 15) is 0 Å². The Bertz CT molecular complexity index is 31.1. The van der Waals surface area contributed by atoms with Crippen molar-refractivity contribution in [2.24, 2.45) is 0 Å². The Morgan fingerprint density at radius 2 is 1.33 bits per heavy atom. The van der Waals surface area contributed by atoms with E-state index in [4.69, 9.17) is 23.2 Å². The van der Waals surface area contributed by atoms with Crippen molar-refractivity contribution in [3.8, 4) is 0 Å². The summed E-state index contributed by atoms with van der Waals surface area (Å²) in [4.78, 5) is -0.222. The van der Waals surface area contributed by atoms with Gasteiger partial charge in [0.2, 0.25) is 0 Å². The Hall–Kier alpha value is 0.580. The number of alkyl halides is 2. The highest BCUT2D eigenvalue weighted by atomic mass is 35.5. The summed E-state index contributed by atoms with van der Waals surface area (Å²) < 4.78 is 0. The van der Waals surface area contributed by atoms with Crippen LogP contribution in [0.2, 0.25) is 0 Å². The van der Waals surface area contributed by atoms with Gasteiger partial charge in [0.1, 0.15) is 4.84 Å². The van der Waals surface area contributed by atoms with E-state index in [2.05, 4.69) is 13.8 Å². The molecule has 0 aromatic carbocycles. The smallest absolute Gasteiger partial charge is 0.105 e. The minimum Gasteiger partial charge on any atom is -0.106 e. The van der Waals surface area contributed by atoms with Gasteiger partial charge in [0.15, 0.2) is 0 Å². The summed E-state index contributed by atoms with van der Waals surface area (Å²) in [7, 11) is 0. The second-order valence-electron chi connectivity index (χ2n) is 1.87. The zero-order valence-corrected chi connectivity index (χ0v) is 7.97. The molecule has 0 aliphatic rings. The number of hydrogen-bond acceptors (Lipinski definition) is 0. The van der Waals surface area contributed by atoms with Gasteiger partial charge in [0, 0.05) is 0 Å². The zero-order valence-electron chi connectivity index (χ0n) is 6.45. The van der Waals surface area contributed by atoms with E-state index in [0.717, 1.165) is 0 Å². The molecule has 0 rings (SSSR count). The van der Waals surface area contributed by atoms with Crippen LogP contribution >= 0.6 is 23.2 Å². The molecule has 0 amide bonds. The molecule has 0 saturated heterocycles. The topological polar surface area (TPSA) is 0 Å². The summed E-state index contributed by atoms with van der Waals surface area (Å²) in [6.45, 7) is 6.12. The molecule has 0 unspecified atom stereocenters. The maximum Gasteiger partial charge on any atom is 0.105 e. The minimum atomic E-state index is -0.222. The van der Waals surface area contributed by atoms with Crippen molar-refractivity contribution in [1.29, 1.82) is 0 Å². The summed E-state index contributed by atoms with van der Waals surface area (Å²) in [5.41, 5.74) is 0. The lowest BCUT2D eigenvalue weighted by Crippen LogP contribution is -1.63. The van der Waals surface area contributed by atoms with Crippen LogP contribution in [0, 0.1) is 0 Å². The van der Waals surface area contributed by atoms with Gasteiger partial charge in [-0.1, -0.05) is 33.1 Å². The molecule has 0 aliphatic heterocycles. The molecular formula is C7H16Cl2. The summed E-state index contributed by atoms with van der Waals surface area (Å²) in [6.07, 6.45) is 4.08. The van der Waals surface area contributed by atoms with Crippen LogP contribution in [0.25, 0.3) is 0 Å². The highest BCUT2D eigenvalue weighted by molar-refractivity contribution is 6.43. The van der Waals surface area contributed by atoms with Crippen LogP contribution < -0.4 is 0 Å². The van der Waals surface area contributed by atoms with E-state index in [1.165, 1.54) is 19.3 Å². The Morgan fingerprint density at radius 1 is 1.11 bits per heavy atom. The highest BCUT2D eigenvalue weighted by Gasteiger charge is 1.75. The van der Waals surface area contributed by atoms with E-state index >= 15 is 0 Å². The standard InChI is InChI=1S/C5H12.C2H4Cl2/c1-3-5-4-2;1-2(3)4/h3-5H2,1-2H3;2H,1H3. The molecule has 0 atom stereocenters. The Kier molecular flexibility index (Phi) is 15.5. The van der Waals surface area contributed by atoms with Crippen LogP contribution in [-0.4, -0.2) is 4.84 Å². The first-order valence-corrected chi connectivity index (χ1v) is 4.30. The van der Waals surface area contributed by atoms with Gasteiger partial charge in [-0.05, 0) is 6.92 Å². The predicted octanol–water partition coefficient (Wildman–Crippen LogP) is 4.01. The SMILES string of the molecule is CC(Cl)Cl.CCCCC. The molecular weight excluding hydrogens is 155 g/mol. The van der Waals surface area contributed by atoms with Crippen molar-refractivity contribution in [3.05, 3.63) is 0 Å². The largest absolute Gasteiger partial charge is 0.106 e. The molecule has 0 bridgehead atoms. The second-order valence-corrected chi connectivity index (χ2v) is 3.41. The third-order valence-electron chi connectivity index (χ3n) is 0.707. The Labute approximate surface area is 68.5 Å². The van der Waals surface area contributed by atoms with E-state index < -0.39 is 0 Å². The third kappa shape index (κ3) is 55.8. The molecule has 2 heteroatoms. The van der Waals surface area contributed by atoms with Gasteiger partial charge in [-0.3, -0.25) is 0 Å². The summed E-state index contributed by atoms with van der Waals surface area (Å²) in [5.74, 6) is 0. The van der Waals surface area contributed by atoms with Crippen LogP contribution in [0.3, 0.4) is 0 Å². The van der Waals surface area contributed by atoms with Gasteiger partial charge in [0.25, 0.3) is 0 Å². The quantitative estimate of drug-likeness (QED) is 0.550. The maximum absolute atomic E-state index is 5.04. The van der Waals surface area contributed by atoms with Crippen LogP contribution in [-0.2, 0) is 0 Å². The first kappa shape index (κ1) is 12.3. The van der Waals surface area contributed by atoms with E-state index in [-0.39, 0.29) is 4.84 Å². The Morgan fingerprint density at radius 3 is 1.33 bits per heavy atom. The fourth-order valence-electron chi connectivity index (χ4n) is 0.354. The van der Waals surface area contributed by atoms with Crippen molar-refractivity contribution >= 4 is 23.2 Å². The molecule has 58 valence electrons. The normalized spacial score (nSPS) is 8.67. The van der Waals surface area contributed by atoms with E-state index in [1.54, 1.807) is 6.92 Å². The van der Waals surface area contributed by atoms with Gasteiger partial charge in [-0.2, -0.15) is 0 Å². The van der Waals surface area contributed by atoms with Gasteiger partial charge in [0.05, 0.1) is 0 Å². The molecule has 0 fully saturated rings. The molecule has 0 spiro atoms. The van der Waals surface area contributed by atoms with Crippen LogP contribution in [0.15, 0.2) is 0 Å². The average Bonchev–Trinajstić information content (AvgIpc) is 1.66. The van der Waals surface area contributed by atoms with Crippen LogP contribution in [0.5, 0.6) is 0 Å². The number of rotatable bonds is 2.